The second-order valence-electron chi connectivity index (χ2n) is 9.66. The number of nitrogens with one attached hydrogen (secondary N) is 1. The molecule has 1 aromatic carbocycles. The molecule has 0 unspecified atom stereocenters. The lowest BCUT2D eigenvalue weighted by Crippen LogP contribution is -2.19. The van der Waals surface area contributed by atoms with Crippen molar-refractivity contribution in [3.8, 4) is 5.75 Å². The molecule has 1 N–H and O–H groups in total. The molecule has 1 aliphatic carbocycles. The van der Waals surface area contributed by atoms with Crippen molar-refractivity contribution in [2.24, 2.45) is 0 Å². The number of ether oxygens (including phenoxy) is 2. The summed E-state index contributed by atoms with van der Waals surface area (Å²) in [6.45, 7) is 12.0. The van der Waals surface area contributed by atoms with Crippen LogP contribution in [0.5, 0.6) is 5.75 Å². The zero-order valence-electron chi connectivity index (χ0n) is 22.6. The molecule has 8 nitrogen and oxygen atoms in total. The van der Waals surface area contributed by atoms with Crippen molar-refractivity contribution in [3.63, 3.8) is 0 Å². The van der Waals surface area contributed by atoms with Crippen LogP contribution in [0.4, 0.5) is 5.00 Å². The Hall–Kier alpha value is -2.82. The summed E-state index contributed by atoms with van der Waals surface area (Å²) in [5.74, 6) is 0.811. The highest BCUT2D eigenvalue weighted by atomic mass is 35.5. The zero-order chi connectivity index (χ0) is 28.1. The lowest BCUT2D eigenvalue weighted by atomic mass is 9.95. The largest absolute Gasteiger partial charge is 0.486 e. The molecule has 4 rings (SSSR count). The van der Waals surface area contributed by atoms with E-state index in [1.807, 2.05) is 44.4 Å². The van der Waals surface area contributed by atoms with Gasteiger partial charge in [0.05, 0.1) is 17.4 Å². The van der Waals surface area contributed by atoms with Gasteiger partial charge in [-0.15, -0.1) is 28.1 Å². The van der Waals surface area contributed by atoms with Crippen molar-refractivity contribution >= 4 is 51.6 Å². The third kappa shape index (κ3) is 7.04. The quantitative estimate of drug-likeness (QED) is 0.154. The highest BCUT2D eigenvalue weighted by Crippen LogP contribution is 2.39. The Morgan fingerprint density at radius 2 is 1.95 bits per heavy atom. The molecule has 1 amide bonds. The van der Waals surface area contributed by atoms with E-state index in [2.05, 4.69) is 22.1 Å². The van der Waals surface area contributed by atoms with Crippen LogP contribution in [0.15, 0.2) is 29.9 Å². The number of aryl methyl sites for hydroxylation is 3. The number of amides is 1. The number of carbonyl (C=O) groups excluding carboxylic acids is 2. The number of anilines is 1. The van der Waals surface area contributed by atoms with E-state index in [0.29, 0.717) is 33.8 Å². The zero-order valence-corrected chi connectivity index (χ0v) is 25.0. The van der Waals surface area contributed by atoms with Crippen molar-refractivity contribution in [1.29, 1.82) is 0 Å². The topological polar surface area (TPSA) is 95.3 Å². The number of esters is 1. The molecule has 2 heterocycles. The van der Waals surface area contributed by atoms with Gasteiger partial charge in [0, 0.05) is 16.4 Å². The summed E-state index contributed by atoms with van der Waals surface area (Å²) in [5, 5.41) is 13.4. The highest BCUT2D eigenvalue weighted by molar-refractivity contribution is 7.99. The number of hydrogen-bond donors (Lipinski definition) is 1. The molecule has 0 saturated heterocycles. The first-order valence-corrected chi connectivity index (χ1v) is 15.1. The molecular formula is C28H33ClN4O4S2. The summed E-state index contributed by atoms with van der Waals surface area (Å²) in [4.78, 5) is 27.0. The molecule has 0 bridgehead atoms. The second kappa shape index (κ2) is 13.0. The minimum Gasteiger partial charge on any atom is -0.486 e. The molecule has 0 radical (unpaired) electrons. The number of aromatic nitrogens is 3. The van der Waals surface area contributed by atoms with E-state index in [1.54, 1.807) is 6.08 Å². The molecular weight excluding hydrogens is 556 g/mol. The number of thiophene rings is 1. The first-order valence-electron chi connectivity index (χ1n) is 12.9. The van der Waals surface area contributed by atoms with Crippen LogP contribution in [0.3, 0.4) is 0 Å². The van der Waals surface area contributed by atoms with Gasteiger partial charge in [-0.25, -0.2) is 4.79 Å². The maximum absolute atomic E-state index is 13.0. The van der Waals surface area contributed by atoms with Crippen LogP contribution >= 0.6 is 34.7 Å². The Kier molecular flexibility index (Phi) is 9.74. The minimum absolute atomic E-state index is 0.104. The molecule has 0 aliphatic heterocycles. The average Bonchev–Trinajstić information content (AvgIpc) is 3.44. The molecule has 2 aromatic heterocycles. The number of benzene rings is 1. The third-order valence-corrected chi connectivity index (χ3v) is 8.96. The van der Waals surface area contributed by atoms with Gasteiger partial charge in [0.15, 0.2) is 11.0 Å². The number of fused-ring (bicyclic) bond motifs is 1. The monoisotopic (exact) mass is 588 g/mol. The number of thioether (sulfide) groups is 1. The summed E-state index contributed by atoms with van der Waals surface area (Å²) >= 11 is 9.01. The van der Waals surface area contributed by atoms with Gasteiger partial charge >= 0.3 is 5.97 Å². The van der Waals surface area contributed by atoms with Crippen LogP contribution in [0.25, 0.3) is 0 Å². The van der Waals surface area contributed by atoms with E-state index in [-0.39, 0.29) is 30.3 Å². The van der Waals surface area contributed by atoms with Crippen molar-refractivity contribution in [3.05, 3.63) is 62.8 Å². The standard InChI is InChI=1S/C28H33ClN4O4S2/c1-6-11-33-22(14-36-19-12-17(4)25(29)18(5)13-19)31-32-28(33)38-15-23(34)30-26-24(27(35)37-16(2)3)20-9-7-8-10-21(20)39-26/h6,12-13,16H,1,7-11,14-15H2,2-5H3,(H,30,34). The van der Waals surface area contributed by atoms with Crippen molar-refractivity contribution in [2.75, 3.05) is 11.1 Å². The molecule has 39 heavy (non-hydrogen) atoms. The van der Waals surface area contributed by atoms with Gasteiger partial charge < -0.3 is 14.8 Å². The van der Waals surface area contributed by atoms with Gasteiger partial charge in [-0.1, -0.05) is 29.4 Å². The van der Waals surface area contributed by atoms with Gasteiger partial charge in [0.1, 0.15) is 17.4 Å². The van der Waals surface area contributed by atoms with Gasteiger partial charge in [-0.3, -0.25) is 9.36 Å². The molecule has 3 aromatic rings. The first kappa shape index (κ1) is 29.2. The van der Waals surface area contributed by atoms with Crippen LogP contribution in [-0.2, 0) is 35.5 Å². The van der Waals surface area contributed by atoms with Crippen LogP contribution in [0.2, 0.25) is 5.02 Å². The SMILES string of the molecule is C=CCn1c(COc2cc(C)c(Cl)c(C)c2)nnc1SCC(=O)Nc1sc2c(c1C(=O)OC(C)C)CCCC2. The van der Waals surface area contributed by atoms with Crippen molar-refractivity contribution in [2.45, 2.75) is 77.8 Å². The lowest BCUT2D eigenvalue weighted by molar-refractivity contribution is -0.113. The molecule has 1 aliphatic rings. The minimum atomic E-state index is -0.381. The molecule has 0 spiro atoms. The van der Waals surface area contributed by atoms with Gasteiger partial charge in [0.25, 0.3) is 0 Å². The van der Waals surface area contributed by atoms with Crippen LogP contribution in [0.1, 0.15) is 64.4 Å². The third-order valence-electron chi connectivity index (χ3n) is 6.19. The fraction of sp³-hybridized carbons (Fsp3) is 0.429. The van der Waals surface area contributed by atoms with E-state index in [4.69, 9.17) is 21.1 Å². The van der Waals surface area contributed by atoms with Gasteiger partial charge in [-0.05, 0) is 82.2 Å². The Balaban J connectivity index is 1.44. The number of hydrogen-bond acceptors (Lipinski definition) is 8. The van der Waals surface area contributed by atoms with Gasteiger partial charge in [-0.2, -0.15) is 0 Å². The maximum atomic E-state index is 13.0. The smallest absolute Gasteiger partial charge is 0.341 e. The van der Waals surface area contributed by atoms with E-state index in [0.717, 1.165) is 52.3 Å². The molecule has 208 valence electrons. The van der Waals surface area contributed by atoms with Crippen LogP contribution in [-0.4, -0.2) is 38.5 Å². The fourth-order valence-electron chi connectivity index (χ4n) is 4.42. The highest BCUT2D eigenvalue weighted by Gasteiger charge is 2.28. The molecule has 0 fully saturated rings. The number of carbonyl (C=O) groups is 2. The number of allylic oxidation sites excluding steroid dienone is 1. The van der Waals surface area contributed by atoms with Crippen LogP contribution < -0.4 is 10.1 Å². The molecule has 0 saturated carbocycles. The fourth-order valence-corrected chi connectivity index (χ4v) is 6.59. The number of rotatable bonds is 11. The normalized spacial score (nSPS) is 12.8. The Bertz CT molecular complexity index is 1360. The summed E-state index contributed by atoms with van der Waals surface area (Å²) in [6.07, 6.45) is 5.35. The average molecular weight is 589 g/mol. The molecule has 11 heteroatoms. The van der Waals surface area contributed by atoms with E-state index in [1.165, 1.54) is 23.1 Å². The van der Waals surface area contributed by atoms with E-state index < -0.39 is 0 Å². The van der Waals surface area contributed by atoms with E-state index >= 15 is 0 Å². The lowest BCUT2D eigenvalue weighted by Gasteiger charge is -2.14. The summed E-state index contributed by atoms with van der Waals surface area (Å²) in [7, 11) is 0. The number of halogens is 1. The van der Waals surface area contributed by atoms with Gasteiger partial charge in [0.2, 0.25) is 5.91 Å². The van der Waals surface area contributed by atoms with Crippen molar-refractivity contribution < 1.29 is 19.1 Å². The number of nitrogens with zero attached hydrogens (tertiary/aromatic N) is 3. The molecule has 0 atom stereocenters. The van der Waals surface area contributed by atoms with E-state index in [9.17, 15) is 9.59 Å². The Morgan fingerprint density at radius 1 is 1.23 bits per heavy atom. The predicted molar refractivity (Wildman–Crippen MR) is 156 cm³/mol. The summed E-state index contributed by atoms with van der Waals surface area (Å²) in [5.41, 5.74) is 3.40. The summed E-state index contributed by atoms with van der Waals surface area (Å²) in [6, 6.07) is 3.77. The first-order chi connectivity index (χ1) is 18.7. The summed E-state index contributed by atoms with van der Waals surface area (Å²) < 4.78 is 13.3. The van der Waals surface area contributed by atoms with Crippen LogP contribution in [0, 0.1) is 13.8 Å². The predicted octanol–water partition coefficient (Wildman–Crippen LogP) is 6.55. The van der Waals surface area contributed by atoms with Crippen molar-refractivity contribution in [1.82, 2.24) is 14.8 Å². The Labute approximate surface area is 242 Å². The maximum Gasteiger partial charge on any atom is 0.341 e. The Morgan fingerprint density at radius 3 is 2.64 bits per heavy atom. The second-order valence-corrected chi connectivity index (χ2v) is 12.1.